The van der Waals surface area contributed by atoms with Crippen LogP contribution in [-0.4, -0.2) is 11.9 Å². The van der Waals surface area contributed by atoms with Crippen LogP contribution in [0, 0.1) is 0 Å². The molecule has 0 aliphatic rings. The molecular formula is C10H16HgO4. The van der Waals surface area contributed by atoms with Gasteiger partial charge in [0.15, 0.2) is 0 Å². The van der Waals surface area contributed by atoms with Crippen molar-refractivity contribution in [3.05, 3.63) is 8.84 Å². The van der Waals surface area contributed by atoms with E-state index in [2.05, 4.69) is 0 Å². The fourth-order valence-corrected chi connectivity index (χ4v) is 5.28. The topological polar surface area (TPSA) is 52.6 Å². The Labute approximate surface area is 103 Å². The van der Waals surface area contributed by atoms with Gasteiger partial charge in [0.05, 0.1) is 0 Å². The molecule has 0 bridgehead atoms. The molecule has 0 fully saturated rings. The molecular weight excluding hydrogens is 385 g/mol. The molecule has 0 aromatic rings. The van der Waals surface area contributed by atoms with Crippen LogP contribution in [0.4, 0.5) is 0 Å². The van der Waals surface area contributed by atoms with E-state index in [0.717, 1.165) is 9.50 Å². The van der Waals surface area contributed by atoms with Crippen LogP contribution >= 0.6 is 0 Å². The molecule has 0 saturated carbocycles. The quantitative estimate of drug-likeness (QED) is 0.403. The van der Waals surface area contributed by atoms with E-state index in [-0.39, 0.29) is 11.9 Å². The van der Waals surface area contributed by atoms with Crippen molar-refractivity contribution >= 4 is 11.9 Å². The number of allylic oxidation sites excluding steroid dienone is 2. The first-order chi connectivity index (χ1) is 7.01. The number of hydrogen-bond donors (Lipinski definition) is 0. The summed E-state index contributed by atoms with van der Waals surface area (Å²) in [6, 6.07) is 0. The monoisotopic (exact) mass is 402 g/mol. The van der Waals surface area contributed by atoms with E-state index >= 15 is 0 Å². The molecule has 0 N–H and O–H groups in total. The third kappa shape index (κ3) is 6.65. The molecule has 0 heterocycles. The molecule has 0 amide bonds. The number of esters is 1. The van der Waals surface area contributed by atoms with Gasteiger partial charge in [-0.2, -0.15) is 0 Å². The summed E-state index contributed by atoms with van der Waals surface area (Å²) in [5.41, 5.74) is 0. The van der Waals surface area contributed by atoms with Crippen LogP contribution in [0.2, 0.25) is 0 Å². The van der Waals surface area contributed by atoms with Crippen molar-refractivity contribution in [1.82, 2.24) is 0 Å². The Bertz CT molecular complexity index is 271. The first kappa shape index (κ1) is 14.6. The molecule has 82 valence electrons. The van der Waals surface area contributed by atoms with Gasteiger partial charge in [-0.05, 0) is 0 Å². The van der Waals surface area contributed by atoms with Crippen molar-refractivity contribution in [3.63, 3.8) is 0 Å². The number of carbonyl (C=O) groups excluding carboxylic acids is 2. The minimum atomic E-state index is -1.83. The Hall–Kier alpha value is -0.385. The van der Waals surface area contributed by atoms with Crippen molar-refractivity contribution in [2.75, 3.05) is 0 Å². The van der Waals surface area contributed by atoms with Gasteiger partial charge in [-0.15, -0.1) is 0 Å². The van der Waals surface area contributed by atoms with Crippen LogP contribution in [0.15, 0.2) is 8.84 Å². The number of rotatable bonds is 5. The second-order valence-corrected chi connectivity index (χ2v) is 8.67. The van der Waals surface area contributed by atoms with Gasteiger partial charge < -0.3 is 0 Å². The van der Waals surface area contributed by atoms with Gasteiger partial charge in [-0.3, -0.25) is 0 Å². The molecule has 15 heavy (non-hydrogen) atoms. The second-order valence-electron chi connectivity index (χ2n) is 3.11. The first-order valence-electron chi connectivity index (χ1n) is 5.03. The van der Waals surface area contributed by atoms with Crippen molar-refractivity contribution in [3.8, 4) is 0 Å². The van der Waals surface area contributed by atoms with Gasteiger partial charge in [-0.1, -0.05) is 0 Å². The predicted molar refractivity (Wildman–Crippen MR) is 51.1 cm³/mol. The summed E-state index contributed by atoms with van der Waals surface area (Å²) in [5, 5.41) is 0. The van der Waals surface area contributed by atoms with E-state index in [1.54, 1.807) is 0 Å². The van der Waals surface area contributed by atoms with Crippen LogP contribution in [-0.2, 0) is 42.0 Å². The van der Waals surface area contributed by atoms with E-state index in [1.165, 1.54) is 13.8 Å². The third-order valence-electron chi connectivity index (χ3n) is 1.86. The maximum atomic E-state index is 10.8. The summed E-state index contributed by atoms with van der Waals surface area (Å²) < 4.78 is 11.3. The van der Waals surface area contributed by atoms with Crippen LogP contribution in [0.25, 0.3) is 0 Å². The van der Waals surface area contributed by atoms with Crippen molar-refractivity contribution in [1.29, 1.82) is 0 Å². The van der Waals surface area contributed by atoms with Crippen LogP contribution in [0.1, 0.15) is 40.5 Å². The maximum absolute atomic E-state index is 10.8. The van der Waals surface area contributed by atoms with Gasteiger partial charge in [0.1, 0.15) is 0 Å². The van der Waals surface area contributed by atoms with E-state index < -0.39 is 25.0 Å². The summed E-state index contributed by atoms with van der Waals surface area (Å²) in [4.78, 5) is 21.5. The van der Waals surface area contributed by atoms with Crippen molar-refractivity contribution < 1.29 is 42.0 Å². The van der Waals surface area contributed by atoms with Crippen molar-refractivity contribution in [2.24, 2.45) is 0 Å². The molecule has 4 nitrogen and oxygen atoms in total. The summed E-state index contributed by atoms with van der Waals surface area (Å²) in [6.07, 6.45) is 1.47. The second kappa shape index (κ2) is 7.85. The average molecular weight is 401 g/mol. The van der Waals surface area contributed by atoms with E-state index in [0.29, 0.717) is 12.2 Å². The molecule has 0 rings (SSSR count). The molecule has 0 atom stereocenters. The number of hydrogen-bond acceptors (Lipinski definition) is 4. The SMILES string of the molecule is CC/C(OC(C)=O)=[C](/CC)[Hg][O]C(C)=O. The van der Waals surface area contributed by atoms with Crippen molar-refractivity contribution in [2.45, 2.75) is 40.5 Å². The molecule has 0 saturated heterocycles. The minimum absolute atomic E-state index is 0.235. The molecule has 0 aliphatic heterocycles. The zero-order valence-electron chi connectivity index (χ0n) is 9.75. The predicted octanol–water partition coefficient (Wildman–Crippen LogP) is 2.14. The summed E-state index contributed by atoms with van der Waals surface area (Å²) in [6.45, 7) is 6.70. The molecule has 0 radical (unpaired) electrons. The number of carbonyl (C=O) groups is 2. The van der Waals surface area contributed by atoms with Gasteiger partial charge in [-0.25, -0.2) is 0 Å². The van der Waals surface area contributed by atoms with E-state index in [1.807, 2.05) is 13.8 Å². The Morgan fingerprint density at radius 1 is 1.07 bits per heavy atom. The van der Waals surface area contributed by atoms with E-state index in [4.69, 9.17) is 7.38 Å². The fraction of sp³-hybridized carbons (Fsp3) is 0.600. The molecule has 0 spiro atoms. The first-order valence-corrected chi connectivity index (χ1v) is 10.0. The van der Waals surface area contributed by atoms with E-state index in [9.17, 15) is 9.59 Å². The van der Waals surface area contributed by atoms with Gasteiger partial charge >= 0.3 is 103 Å². The Morgan fingerprint density at radius 2 is 1.67 bits per heavy atom. The Kier molecular flexibility index (Phi) is 7.65. The molecule has 0 unspecified atom stereocenters. The molecule has 0 aromatic carbocycles. The summed E-state index contributed by atoms with van der Waals surface area (Å²) in [5.74, 6) is 0.155. The Balaban J connectivity index is 4.57. The fourth-order valence-electron chi connectivity index (χ4n) is 1.14. The molecule has 0 aromatic heterocycles. The molecule has 0 aliphatic carbocycles. The third-order valence-corrected chi connectivity index (χ3v) is 8.83. The molecule has 5 heteroatoms. The van der Waals surface area contributed by atoms with Gasteiger partial charge in [0.2, 0.25) is 0 Å². The Morgan fingerprint density at radius 3 is 2.00 bits per heavy atom. The zero-order valence-corrected chi connectivity index (χ0v) is 15.3. The summed E-state index contributed by atoms with van der Waals surface area (Å²) >= 11 is -1.83. The van der Waals surface area contributed by atoms with Crippen LogP contribution in [0.3, 0.4) is 0 Å². The standard InChI is InChI=1S/C8H13O2.C2H4O2.Hg/c1-4-6-8(5-2)10-7(3)9;1-2(3)4;/h4-5H2,1-3H3;1H3,(H,3,4);/q;;+1/p-1. The number of ether oxygens (including phenoxy) is 1. The normalized spacial score (nSPS) is 11.2. The van der Waals surface area contributed by atoms with Gasteiger partial charge in [0, 0.05) is 0 Å². The van der Waals surface area contributed by atoms with Crippen LogP contribution in [0.5, 0.6) is 0 Å². The van der Waals surface area contributed by atoms with Crippen LogP contribution < -0.4 is 0 Å². The zero-order chi connectivity index (χ0) is 11.8. The summed E-state index contributed by atoms with van der Waals surface area (Å²) in [7, 11) is 0. The average Bonchev–Trinajstić information content (AvgIpc) is 2.15. The van der Waals surface area contributed by atoms with Gasteiger partial charge in [0.25, 0.3) is 0 Å².